The average Bonchev–Trinajstić information content (AvgIpc) is 3.35. The minimum atomic E-state index is -1.10. The number of fused-ring (bicyclic) bond motifs is 3. The zero-order valence-electron chi connectivity index (χ0n) is 14.1. The van der Waals surface area contributed by atoms with E-state index in [-0.39, 0.29) is 17.8 Å². The molecular formula is C20H21FO4. The second-order valence-electron chi connectivity index (χ2n) is 8.07. The molecule has 2 aliphatic carbocycles. The molecule has 4 aliphatic rings. The normalized spacial score (nSPS) is 34.5. The van der Waals surface area contributed by atoms with E-state index >= 15 is 0 Å². The van der Waals surface area contributed by atoms with E-state index in [0.29, 0.717) is 31.2 Å². The summed E-state index contributed by atoms with van der Waals surface area (Å²) in [6.07, 6.45) is 5.82. The quantitative estimate of drug-likeness (QED) is 0.730. The summed E-state index contributed by atoms with van der Waals surface area (Å²) in [7, 11) is 0. The maximum Gasteiger partial charge on any atom is 0.317 e. The second kappa shape index (κ2) is 4.83. The molecule has 0 aromatic heterocycles. The molecule has 0 unspecified atom stereocenters. The maximum atomic E-state index is 13.5. The monoisotopic (exact) mass is 344 g/mol. The average molecular weight is 344 g/mol. The van der Waals surface area contributed by atoms with Crippen molar-refractivity contribution in [2.24, 2.45) is 10.8 Å². The fourth-order valence-corrected chi connectivity index (χ4v) is 5.92. The number of hydrogen-bond donors (Lipinski definition) is 0. The Morgan fingerprint density at radius 3 is 2.12 bits per heavy atom. The van der Waals surface area contributed by atoms with Crippen LogP contribution in [0.5, 0.6) is 0 Å². The maximum absolute atomic E-state index is 13.5. The van der Waals surface area contributed by atoms with E-state index in [1.54, 1.807) is 12.1 Å². The molecular weight excluding hydrogens is 323 g/mol. The summed E-state index contributed by atoms with van der Waals surface area (Å²) in [5.41, 5.74) is -1.95. The van der Waals surface area contributed by atoms with Crippen LogP contribution in [0.4, 0.5) is 4.39 Å². The van der Waals surface area contributed by atoms with Gasteiger partial charge in [-0.15, -0.1) is 0 Å². The summed E-state index contributed by atoms with van der Waals surface area (Å²) >= 11 is 0. The molecule has 5 heteroatoms. The summed E-state index contributed by atoms with van der Waals surface area (Å²) in [4.78, 5) is 26.0. The van der Waals surface area contributed by atoms with Crippen LogP contribution in [0.15, 0.2) is 24.3 Å². The van der Waals surface area contributed by atoms with Crippen molar-refractivity contribution in [2.45, 2.75) is 63.1 Å². The van der Waals surface area contributed by atoms with Gasteiger partial charge < -0.3 is 9.47 Å². The van der Waals surface area contributed by atoms with E-state index in [1.165, 1.54) is 12.1 Å². The fraction of sp³-hybridized carbons (Fsp3) is 0.600. The lowest BCUT2D eigenvalue weighted by molar-refractivity contribution is -0.169. The molecule has 4 nitrogen and oxygen atoms in total. The molecule has 2 atom stereocenters. The van der Waals surface area contributed by atoms with Crippen molar-refractivity contribution in [1.82, 2.24) is 0 Å². The number of ether oxygens (including phenoxy) is 2. The third-order valence-corrected chi connectivity index (χ3v) is 7.08. The number of halogens is 1. The third kappa shape index (κ3) is 1.62. The van der Waals surface area contributed by atoms with Gasteiger partial charge in [-0.3, -0.25) is 9.59 Å². The molecule has 0 amide bonds. The molecule has 0 radical (unpaired) electrons. The Morgan fingerprint density at radius 1 is 0.880 bits per heavy atom. The van der Waals surface area contributed by atoms with E-state index in [0.717, 1.165) is 25.7 Å². The minimum Gasteiger partial charge on any atom is -0.456 e. The Morgan fingerprint density at radius 2 is 1.48 bits per heavy atom. The molecule has 25 heavy (non-hydrogen) atoms. The highest BCUT2D eigenvalue weighted by molar-refractivity contribution is 5.90. The number of hydrogen-bond acceptors (Lipinski definition) is 4. The van der Waals surface area contributed by atoms with Crippen molar-refractivity contribution in [3.63, 3.8) is 0 Å². The van der Waals surface area contributed by atoms with Crippen LogP contribution in [0.3, 0.4) is 0 Å². The van der Waals surface area contributed by atoms with Crippen LogP contribution >= 0.6 is 0 Å². The van der Waals surface area contributed by atoms with Crippen molar-refractivity contribution in [3.8, 4) is 0 Å². The molecule has 2 saturated heterocycles. The van der Waals surface area contributed by atoms with E-state index in [1.807, 2.05) is 0 Å². The lowest BCUT2D eigenvalue weighted by atomic mass is 9.62. The molecule has 2 saturated carbocycles. The topological polar surface area (TPSA) is 52.6 Å². The van der Waals surface area contributed by atoms with Crippen molar-refractivity contribution in [2.75, 3.05) is 0 Å². The van der Waals surface area contributed by atoms with Crippen LogP contribution in [0.25, 0.3) is 0 Å². The van der Waals surface area contributed by atoms with Gasteiger partial charge in [0.25, 0.3) is 0 Å². The highest BCUT2D eigenvalue weighted by atomic mass is 19.1. The molecule has 2 spiro atoms. The summed E-state index contributed by atoms with van der Waals surface area (Å²) in [6.45, 7) is 0. The predicted octanol–water partition coefficient (Wildman–Crippen LogP) is 3.62. The van der Waals surface area contributed by atoms with Gasteiger partial charge in [-0.25, -0.2) is 4.39 Å². The van der Waals surface area contributed by atoms with Crippen LogP contribution in [-0.2, 0) is 24.7 Å². The zero-order chi connectivity index (χ0) is 17.3. The van der Waals surface area contributed by atoms with Gasteiger partial charge in [-0.05, 0) is 37.8 Å². The zero-order valence-corrected chi connectivity index (χ0v) is 14.1. The van der Waals surface area contributed by atoms with Crippen molar-refractivity contribution in [3.05, 3.63) is 35.6 Å². The number of carbonyl (C=O) groups excluding carboxylic acids is 2. The largest absolute Gasteiger partial charge is 0.456 e. The highest BCUT2D eigenvalue weighted by Crippen LogP contribution is 2.69. The number of rotatable bonds is 1. The first-order valence-electron chi connectivity index (χ1n) is 9.26. The standard InChI is InChI=1S/C20H21FO4/c21-14-7-5-13(6-8-14)20-15(18(16(22)25-20)9-1-2-10-18)24-17(23)19(20)11-3-4-12-19/h5-8,15H,1-4,9-12H2/t15-,20-/m0/s1. The first-order chi connectivity index (χ1) is 12.1. The van der Waals surface area contributed by atoms with Gasteiger partial charge in [0.2, 0.25) is 0 Å². The van der Waals surface area contributed by atoms with Gasteiger partial charge in [-0.2, -0.15) is 0 Å². The lowest BCUT2D eigenvalue weighted by Crippen LogP contribution is -2.49. The van der Waals surface area contributed by atoms with Gasteiger partial charge in [0.05, 0.1) is 0 Å². The summed E-state index contributed by atoms with van der Waals surface area (Å²) < 4.78 is 25.6. The molecule has 1 aromatic carbocycles. The van der Waals surface area contributed by atoms with E-state index in [4.69, 9.17) is 9.47 Å². The molecule has 0 N–H and O–H groups in total. The molecule has 2 heterocycles. The van der Waals surface area contributed by atoms with Crippen LogP contribution in [0.2, 0.25) is 0 Å². The minimum absolute atomic E-state index is 0.238. The lowest BCUT2D eigenvalue weighted by Gasteiger charge is -2.38. The van der Waals surface area contributed by atoms with Gasteiger partial charge in [0, 0.05) is 5.56 Å². The van der Waals surface area contributed by atoms with Gasteiger partial charge >= 0.3 is 11.9 Å². The molecule has 1 aromatic rings. The van der Waals surface area contributed by atoms with Gasteiger partial charge in [-0.1, -0.05) is 37.8 Å². The smallest absolute Gasteiger partial charge is 0.317 e. The van der Waals surface area contributed by atoms with Crippen molar-refractivity contribution < 1.29 is 23.5 Å². The molecule has 5 rings (SSSR count). The van der Waals surface area contributed by atoms with Gasteiger partial charge in [0.15, 0.2) is 11.7 Å². The second-order valence-corrected chi connectivity index (χ2v) is 8.07. The van der Waals surface area contributed by atoms with E-state index in [2.05, 4.69) is 0 Å². The summed E-state index contributed by atoms with van der Waals surface area (Å²) in [6, 6.07) is 6.07. The summed E-state index contributed by atoms with van der Waals surface area (Å²) in [5, 5.41) is 0. The van der Waals surface area contributed by atoms with Crippen LogP contribution < -0.4 is 0 Å². The number of benzene rings is 1. The molecule has 0 bridgehead atoms. The van der Waals surface area contributed by atoms with E-state index in [9.17, 15) is 14.0 Å². The van der Waals surface area contributed by atoms with Crippen molar-refractivity contribution >= 4 is 11.9 Å². The molecule has 4 fully saturated rings. The first-order valence-corrected chi connectivity index (χ1v) is 9.26. The molecule has 2 aliphatic heterocycles. The van der Waals surface area contributed by atoms with Crippen molar-refractivity contribution in [1.29, 1.82) is 0 Å². The third-order valence-electron chi connectivity index (χ3n) is 7.08. The predicted molar refractivity (Wildman–Crippen MR) is 85.9 cm³/mol. The number of esters is 2. The van der Waals surface area contributed by atoms with Crippen LogP contribution in [0.1, 0.15) is 56.9 Å². The SMILES string of the molecule is O=C1O[C@@]2(c3ccc(F)cc3)[C@@H](OC(=O)C23CCCC3)C12CCCC2. The highest BCUT2D eigenvalue weighted by Gasteiger charge is 2.81. The van der Waals surface area contributed by atoms with E-state index < -0.39 is 22.5 Å². The van der Waals surface area contributed by atoms with Gasteiger partial charge in [0.1, 0.15) is 16.6 Å². The van der Waals surface area contributed by atoms with Crippen LogP contribution in [0, 0.1) is 16.6 Å². The Hall–Kier alpha value is -1.91. The Balaban J connectivity index is 1.75. The Labute approximate surface area is 145 Å². The summed E-state index contributed by atoms with van der Waals surface area (Å²) in [5.74, 6) is -0.821. The Kier molecular flexibility index (Phi) is 2.97. The Bertz CT molecular complexity index is 741. The molecule has 132 valence electrons. The fourth-order valence-electron chi connectivity index (χ4n) is 5.92. The van der Waals surface area contributed by atoms with Crippen LogP contribution in [-0.4, -0.2) is 18.0 Å². The first kappa shape index (κ1) is 15.4. The number of carbonyl (C=O) groups is 2.